The van der Waals surface area contributed by atoms with Crippen molar-refractivity contribution in [2.45, 2.75) is 117 Å². The van der Waals surface area contributed by atoms with Crippen molar-refractivity contribution in [3.63, 3.8) is 0 Å². The molecule has 0 bridgehead atoms. The number of likely N-dealkylation sites (tertiary alicyclic amines) is 1. The smallest absolute Gasteiger partial charge is 0.159 e. The lowest BCUT2D eigenvalue weighted by molar-refractivity contribution is 0.245. The maximum atomic E-state index is 5.14. The van der Waals surface area contributed by atoms with E-state index in [0.717, 1.165) is 79.4 Å². The topological polar surface area (TPSA) is 53.9 Å². The number of nitrogens with zero attached hydrogens (tertiary/aromatic N) is 4. The number of aromatic nitrogens is 3. The lowest BCUT2D eigenvalue weighted by Gasteiger charge is -2.43. The van der Waals surface area contributed by atoms with Gasteiger partial charge < -0.3 is 10.2 Å². The van der Waals surface area contributed by atoms with Gasteiger partial charge in [-0.25, -0.2) is 15.0 Å². The van der Waals surface area contributed by atoms with Crippen LogP contribution in [0.1, 0.15) is 123 Å². The first-order valence-electron chi connectivity index (χ1n) is 24.8. The van der Waals surface area contributed by atoms with Crippen LogP contribution in [0.25, 0.3) is 5.57 Å². The molecule has 0 saturated carbocycles. The van der Waals surface area contributed by atoms with Crippen molar-refractivity contribution in [2.75, 3.05) is 0 Å². The van der Waals surface area contributed by atoms with Crippen LogP contribution in [0, 0.1) is 17.8 Å². The van der Waals surface area contributed by atoms with E-state index in [1.54, 1.807) is 0 Å². The third-order valence-corrected chi connectivity index (χ3v) is 13.2. The van der Waals surface area contributed by atoms with Crippen molar-refractivity contribution in [1.82, 2.24) is 25.2 Å². The number of allylic oxidation sites excluding steroid dienone is 29. The van der Waals surface area contributed by atoms with E-state index in [1.165, 1.54) is 28.0 Å². The minimum atomic E-state index is 0.0407. The van der Waals surface area contributed by atoms with Gasteiger partial charge in [-0.15, -0.1) is 0 Å². The molecule has 1 saturated heterocycles. The molecule has 1 N–H and O–H groups in total. The molecule has 0 aromatic carbocycles. The van der Waals surface area contributed by atoms with Crippen LogP contribution in [0.3, 0.4) is 0 Å². The zero-order valence-electron chi connectivity index (χ0n) is 41.4. The van der Waals surface area contributed by atoms with E-state index in [1.807, 2.05) is 19.1 Å². The molecule has 5 nitrogen and oxygen atoms in total. The van der Waals surface area contributed by atoms with Gasteiger partial charge in [0.05, 0.1) is 12.1 Å². The molecule has 0 spiro atoms. The summed E-state index contributed by atoms with van der Waals surface area (Å²) >= 11 is 0. The monoisotopic (exact) mass is 890 g/mol. The highest BCUT2D eigenvalue weighted by Gasteiger charge is 2.33. The molecule has 67 heavy (non-hydrogen) atoms. The highest BCUT2D eigenvalue weighted by molar-refractivity contribution is 5.59. The Hall–Kier alpha value is -6.33. The van der Waals surface area contributed by atoms with Gasteiger partial charge in [-0.05, 0) is 113 Å². The van der Waals surface area contributed by atoms with E-state index in [0.29, 0.717) is 17.9 Å². The van der Waals surface area contributed by atoms with E-state index in [2.05, 4.69) is 223 Å². The van der Waals surface area contributed by atoms with Crippen molar-refractivity contribution in [2.24, 2.45) is 17.8 Å². The predicted octanol–water partition coefficient (Wildman–Crippen LogP) is 15.6. The molecule has 1 aromatic heterocycles. The highest BCUT2D eigenvalue weighted by atomic mass is 15.2. The number of fused-ring (bicyclic) bond motifs is 1. The Morgan fingerprint density at radius 2 is 1.66 bits per heavy atom. The Bertz CT molecular complexity index is 2470. The van der Waals surface area contributed by atoms with Crippen LogP contribution in [-0.2, 0) is 0 Å². The Balaban J connectivity index is 1.21. The molecule has 7 unspecified atom stereocenters. The molecule has 1 fully saturated rings. The van der Waals surface area contributed by atoms with Gasteiger partial charge in [0, 0.05) is 40.8 Å². The molecular formula is C62H75N5. The molecule has 4 aliphatic carbocycles. The summed E-state index contributed by atoms with van der Waals surface area (Å²) in [6, 6.07) is 0.374. The van der Waals surface area contributed by atoms with Gasteiger partial charge in [-0.3, -0.25) is 0 Å². The molecule has 0 radical (unpaired) electrons. The van der Waals surface area contributed by atoms with Crippen molar-refractivity contribution < 1.29 is 0 Å². The number of hydrogen-bond acceptors (Lipinski definition) is 5. The quantitative estimate of drug-likeness (QED) is 0.140. The molecule has 5 aliphatic rings. The van der Waals surface area contributed by atoms with Gasteiger partial charge in [0.25, 0.3) is 0 Å². The fourth-order valence-corrected chi connectivity index (χ4v) is 9.33. The van der Waals surface area contributed by atoms with Gasteiger partial charge in [-0.2, -0.15) is 0 Å². The SMILES string of the molecule is C=C/C=C\C=C(/C)C1C=C(C(C)C/C=C2\CCC3C=CC=CC3N2C(=C)/C=C\C=C/C)C=CC1NC(=C/CC)/C=C(\C)C1=CC=CC(c2nc(/C(C)=C/C=C\CC)nc(C3C=CC=CC3)n2)C1. The fourth-order valence-electron chi connectivity index (χ4n) is 9.33. The first-order chi connectivity index (χ1) is 32.6. The largest absolute Gasteiger partial charge is 0.378 e. The van der Waals surface area contributed by atoms with Gasteiger partial charge in [0.2, 0.25) is 0 Å². The third kappa shape index (κ3) is 13.9. The summed E-state index contributed by atoms with van der Waals surface area (Å²) in [5.74, 6) is 3.60. The van der Waals surface area contributed by atoms with Crippen LogP contribution in [0.2, 0.25) is 0 Å². The van der Waals surface area contributed by atoms with Crippen LogP contribution in [0.15, 0.2) is 223 Å². The van der Waals surface area contributed by atoms with Crippen molar-refractivity contribution >= 4 is 5.57 Å². The average Bonchev–Trinajstić information content (AvgIpc) is 3.35. The van der Waals surface area contributed by atoms with E-state index >= 15 is 0 Å². The zero-order valence-corrected chi connectivity index (χ0v) is 41.4. The number of nitrogens with one attached hydrogen (secondary N) is 1. The zero-order chi connectivity index (χ0) is 47.5. The van der Waals surface area contributed by atoms with Gasteiger partial charge in [-0.1, -0.05) is 197 Å². The number of piperidine rings is 1. The third-order valence-electron chi connectivity index (χ3n) is 13.2. The summed E-state index contributed by atoms with van der Waals surface area (Å²) in [6.45, 7) is 23.8. The van der Waals surface area contributed by atoms with Crippen LogP contribution in [-0.4, -0.2) is 31.9 Å². The molecule has 5 heteroatoms. The molecule has 2 heterocycles. The molecular weight excluding hydrogens is 815 g/mol. The number of rotatable bonds is 19. The molecule has 348 valence electrons. The van der Waals surface area contributed by atoms with E-state index < -0.39 is 0 Å². The second kappa shape index (κ2) is 25.5. The predicted molar refractivity (Wildman–Crippen MR) is 288 cm³/mol. The van der Waals surface area contributed by atoms with Crippen LogP contribution in [0.4, 0.5) is 0 Å². The molecule has 1 aliphatic heterocycles. The summed E-state index contributed by atoms with van der Waals surface area (Å²) < 4.78 is 0. The minimum Gasteiger partial charge on any atom is -0.378 e. The molecule has 6 rings (SSSR count). The van der Waals surface area contributed by atoms with E-state index in [4.69, 9.17) is 15.0 Å². The van der Waals surface area contributed by atoms with Crippen LogP contribution < -0.4 is 5.32 Å². The van der Waals surface area contributed by atoms with Crippen molar-refractivity contribution in [3.8, 4) is 0 Å². The molecule has 7 atom stereocenters. The van der Waals surface area contributed by atoms with E-state index in [9.17, 15) is 0 Å². The molecule has 0 amide bonds. The minimum absolute atomic E-state index is 0.0407. The first kappa shape index (κ1) is 50.1. The Morgan fingerprint density at radius 1 is 0.866 bits per heavy atom. The summed E-state index contributed by atoms with van der Waals surface area (Å²) in [6.07, 6.45) is 68.4. The van der Waals surface area contributed by atoms with Gasteiger partial charge in [0.1, 0.15) is 11.6 Å². The van der Waals surface area contributed by atoms with Gasteiger partial charge >= 0.3 is 0 Å². The van der Waals surface area contributed by atoms with E-state index in [-0.39, 0.29) is 23.8 Å². The first-order valence-corrected chi connectivity index (χ1v) is 24.8. The Kier molecular flexibility index (Phi) is 19.1. The lowest BCUT2D eigenvalue weighted by atomic mass is 9.81. The second-order valence-electron chi connectivity index (χ2n) is 18.3. The van der Waals surface area contributed by atoms with Gasteiger partial charge in [0.15, 0.2) is 5.82 Å². The summed E-state index contributed by atoms with van der Waals surface area (Å²) in [4.78, 5) is 17.7. The van der Waals surface area contributed by atoms with Crippen molar-refractivity contribution in [1.29, 1.82) is 0 Å². The highest BCUT2D eigenvalue weighted by Crippen LogP contribution is 2.39. The van der Waals surface area contributed by atoms with Crippen LogP contribution >= 0.6 is 0 Å². The summed E-state index contributed by atoms with van der Waals surface area (Å²) in [5.41, 5.74) is 9.77. The average molecular weight is 890 g/mol. The second-order valence-corrected chi connectivity index (χ2v) is 18.3. The fraction of sp³-hybridized carbons (Fsp3) is 0.339. The maximum absolute atomic E-state index is 5.14. The van der Waals surface area contributed by atoms with Crippen LogP contribution in [0.5, 0.6) is 0 Å². The standard InChI is InChI=1S/C62H75N5/c1-10-14-18-27-46(6)57-44-53(45(5)36-39-56-40-37-50-30-23-24-35-59(50)67(56)49(9)29-20-16-12-3)38-41-58(57)63-55(26-13-4)42-48(8)52-33-25-34-54(43-52)62-65-60(47(7)28-19-15-11-2)64-61(66-62)51-31-21-17-22-32-51/h10,12,14-31,33-35,38-39,41-42,44-45,50-51,54,57-59,63H,1,9,11,13,32,36-37,40,43H2,2-8H3/b16-12-,18-14-,19-15-,29-20-,46-27+,47-28+,48-42+,55-26+,56-39+. The normalized spacial score (nSPS) is 25.8. The summed E-state index contributed by atoms with van der Waals surface area (Å²) in [5, 5.41) is 4.00. The Morgan fingerprint density at radius 3 is 2.42 bits per heavy atom. The molecule has 1 aromatic rings. The maximum Gasteiger partial charge on any atom is 0.159 e. The summed E-state index contributed by atoms with van der Waals surface area (Å²) in [7, 11) is 0. The Labute approximate surface area is 404 Å². The number of hydrogen-bond donors (Lipinski definition) is 1. The van der Waals surface area contributed by atoms with Crippen molar-refractivity contribution in [3.05, 3.63) is 240 Å². The lowest BCUT2D eigenvalue weighted by Crippen LogP contribution is -2.41.